The smallest absolute Gasteiger partial charge is 0.229 e. The van der Waals surface area contributed by atoms with Gasteiger partial charge in [0.25, 0.3) is 0 Å². The Hall–Kier alpha value is -3.03. The van der Waals surface area contributed by atoms with Crippen molar-refractivity contribution in [3.8, 4) is 11.5 Å². The van der Waals surface area contributed by atoms with Crippen molar-refractivity contribution in [3.63, 3.8) is 0 Å². The molecule has 1 fully saturated rings. The minimum absolute atomic E-state index is 0.0848. The minimum Gasteiger partial charge on any atom is -0.497 e. The van der Waals surface area contributed by atoms with Gasteiger partial charge in [0.1, 0.15) is 11.5 Å². The zero-order valence-electron chi connectivity index (χ0n) is 15.1. The van der Waals surface area contributed by atoms with Gasteiger partial charge in [0.15, 0.2) is 0 Å². The lowest BCUT2D eigenvalue weighted by Gasteiger charge is -2.15. The molecule has 2 aromatic rings. The Morgan fingerprint density at radius 3 is 2.81 bits per heavy atom. The minimum atomic E-state index is -0.441. The molecule has 1 aromatic carbocycles. The van der Waals surface area contributed by atoms with Crippen LogP contribution in [0.2, 0.25) is 0 Å². The molecule has 0 unspecified atom stereocenters. The highest BCUT2D eigenvalue weighted by Gasteiger charge is 2.36. The first-order valence-electron chi connectivity index (χ1n) is 8.41. The van der Waals surface area contributed by atoms with Gasteiger partial charge in [-0.2, -0.15) is 5.10 Å². The standard InChI is InChI=1S/C18H22N4O4/c1-4-21-11-13(9-19-21)22-10-12(7-17(22)23)18(24)20-15-8-14(25-2)5-6-16(15)26-3/h5-6,8-9,11-12H,4,7,10H2,1-3H3,(H,20,24)/t12-/m1/s1. The molecular weight excluding hydrogens is 336 g/mol. The van der Waals surface area contributed by atoms with Crippen molar-refractivity contribution in [2.45, 2.75) is 19.9 Å². The molecule has 1 atom stereocenters. The zero-order chi connectivity index (χ0) is 18.7. The quantitative estimate of drug-likeness (QED) is 0.853. The summed E-state index contributed by atoms with van der Waals surface area (Å²) in [6.07, 6.45) is 3.62. The Labute approximate surface area is 151 Å². The third-order valence-electron chi connectivity index (χ3n) is 4.42. The first-order valence-corrected chi connectivity index (χ1v) is 8.41. The monoisotopic (exact) mass is 358 g/mol. The predicted molar refractivity (Wildman–Crippen MR) is 96.5 cm³/mol. The van der Waals surface area contributed by atoms with Crippen LogP contribution in [0.4, 0.5) is 11.4 Å². The van der Waals surface area contributed by atoms with E-state index in [1.807, 2.05) is 13.1 Å². The van der Waals surface area contributed by atoms with E-state index in [2.05, 4.69) is 10.4 Å². The second-order valence-electron chi connectivity index (χ2n) is 6.02. The molecule has 138 valence electrons. The molecule has 0 radical (unpaired) electrons. The number of anilines is 2. The number of hydrogen-bond donors (Lipinski definition) is 1. The zero-order valence-corrected chi connectivity index (χ0v) is 15.1. The third-order valence-corrected chi connectivity index (χ3v) is 4.42. The fourth-order valence-electron chi connectivity index (χ4n) is 2.94. The number of nitrogens with one attached hydrogen (secondary N) is 1. The number of methoxy groups -OCH3 is 2. The van der Waals surface area contributed by atoms with Crippen LogP contribution in [-0.4, -0.2) is 42.4 Å². The Morgan fingerprint density at radius 1 is 1.35 bits per heavy atom. The molecule has 8 nitrogen and oxygen atoms in total. The van der Waals surface area contributed by atoms with Gasteiger partial charge in [0.2, 0.25) is 11.8 Å². The number of aromatic nitrogens is 2. The summed E-state index contributed by atoms with van der Waals surface area (Å²) in [5, 5.41) is 7.03. The summed E-state index contributed by atoms with van der Waals surface area (Å²) < 4.78 is 12.2. The van der Waals surface area contributed by atoms with Crippen LogP contribution in [0, 0.1) is 5.92 Å². The first kappa shape index (κ1) is 17.8. The normalized spacial score (nSPS) is 16.7. The van der Waals surface area contributed by atoms with Crippen molar-refractivity contribution >= 4 is 23.2 Å². The summed E-state index contributed by atoms with van der Waals surface area (Å²) >= 11 is 0. The van der Waals surface area contributed by atoms with Crippen molar-refractivity contribution in [1.82, 2.24) is 9.78 Å². The van der Waals surface area contributed by atoms with Gasteiger partial charge in [-0.05, 0) is 19.1 Å². The highest BCUT2D eigenvalue weighted by molar-refractivity contribution is 6.03. The number of benzene rings is 1. The second kappa shape index (κ2) is 7.47. The number of amides is 2. The van der Waals surface area contributed by atoms with E-state index in [9.17, 15) is 9.59 Å². The molecule has 0 saturated carbocycles. The average Bonchev–Trinajstić information content (AvgIpc) is 3.27. The van der Waals surface area contributed by atoms with Crippen molar-refractivity contribution in [3.05, 3.63) is 30.6 Å². The summed E-state index contributed by atoms with van der Waals surface area (Å²) in [6, 6.07) is 5.16. The van der Waals surface area contributed by atoms with Crippen LogP contribution in [0.3, 0.4) is 0 Å². The fraction of sp³-hybridized carbons (Fsp3) is 0.389. The topological polar surface area (TPSA) is 85.7 Å². The van der Waals surface area contributed by atoms with E-state index in [1.54, 1.807) is 41.1 Å². The maximum atomic E-state index is 12.7. The molecule has 8 heteroatoms. The van der Waals surface area contributed by atoms with Gasteiger partial charge in [-0.3, -0.25) is 14.3 Å². The van der Waals surface area contributed by atoms with E-state index in [4.69, 9.17) is 9.47 Å². The van der Waals surface area contributed by atoms with Crippen LogP contribution in [0.15, 0.2) is 30.6 Å². The van der Waals surface area contributed by atoms with Gasteiger partial charge >= 0.3 is 0 Å². The Morgan fingerprint density at radius 2 is 2.15 bits per heavy atom. The third kappa shape index (κ3) is 3.49. The number of nitrogens with zero attached hydrogens (tertiary/aromatic N) is 3. The van der Waals surface area contributed by atoms with E-state index in [0.717, 1.165) is 6.54 Å². The van der Waals surface area contributed by atoms with Crippen LogP contribution in [0.25, 0.3) is 0 Å². The van der Waals surface area contributed by atoms with Gasteiger partial charge in [-0.1, -0.05) is 0 Å². The molecule has 0 bridgehead atoms. The van der Waals surface area contributed by atoms with Crippen LogP contribution >= 0.6 is 0 Å². The molecule has 3 rings (SSSR count). The largest absolute Gasteiger partial charge is 0.497 e. The summed E-state index contributed by atoms with van der Waals surface area (Å²) in [6.45, 7) is 3.02. The van der Waals surface area contributed by atoms with Gasteiger partial charge in [-0.15, -0.1) is 0 Å². The predicted octanol–water partition coefficient (Wildman–Crippen LogP) is 1.91. The van der Waals surface area contributed by atoms with Gasteiger partial charge in [0, 0.05) is 31.8 Å². The molecule has 1 N–H and O–H groups in total. The first-order chi connectivity index (χ1) is 12.5. The Bertz CT molecular complexity index is 817. The molecule has 1 aliphatic rings. The highest BCUT2D eigenvalue weighted by Crippen LogP contribution is 2.31. The van der Waals surface area contributed by atoms with E-state index in [0.29, 0.717) is 29.4 Å². The average molecular weight is 358 g/mol. The molecule has 0 aliphatic carbocycles. The second-order valence-corrected chi connectivity index (χ2v) is 6.02. The maximum absolute atomic E-state index is 12.7. The van der Waals surface area contributed by atoms with Gasteiger partial charge < -0.3 is 19.7 Å². The molecule has 1 saturated heterocycles. The summed E-state index contributed by atoms with van der Waals surface area (Å²) in [5.41, 5.74) is 1.23. The van der Waals surface area contributed by atoms with E-state index in [-0.39, 0.29) is 18.2 Å². The fourth-order valence-corrected chi connectivity index (χ4v) is 2.94. The van der Waals surface area contributed by atoms with E-state index in [1.165, 1.54) is 7.11 Å². The molecule has 1 aromatic heterocycles. The van der Waals surface area contributed by atoms with Crippen molar-refractivity contribution in [2.24, 2.45) is 5.92 Å². The molecule has 2 amide bonds. The number of carbonyl (C=O) groups is 2. The number of carbonyl (C=O) groups excluding carboxylic acids is 2. The molecule has 1 aliphatic heterocycles. The van der Waals surface area contributed by atoms with Gasteiger partial charge in [0.05, 0.1) is 37.7 Å². The lowest BCUT2D eigenvalue weighted by molar-refractivity contribution is -0.122. The van der Waals surface area contributed by atoms with E-state index < -0.39 is 5.92 Å². The lowest BCUT2D eigenvalue weighted by atomic mass is 10.1. The van der Waals surface area contributed by atoms with Crippen molar-refractivity contribution in [2.75, 3.05) is 31.0 Å². The Balaban J connectivity index is 1.72. The molecule has 26 heavy (non-hydrogen) atoms. The van der Waals surface area contributed by atoms with Crippen LogP contribution in [-0.2, 0) is 16.1 Å². The number of rotatable bonds is 6. The van der Waals surface area contributed by atoms with E-state index >= 15 is 0 Å². The van der Waals surface area contributed by atoms with Crippen molar-refractivity contribution in [1.29, 1.82) is 0 Å². The summed E-state index contributed by atoms with van der Waals surface area (Å²) in [7, 11) is 3.08. The maximum Gasteiger partial charge on any atom is 0.229 e. The molecule has 0 spiro atoms. The SMILES string of the molecule is CCn1cc(N2C[C@H](C(=O)Nc3cc(OC)ccc3OC)CC2=O)cn1. The number of ether oxygens (including phenoxy) is 2. The van der Waals surface area contributed by atoms with Crippen LogP contribution in [0.1, 0.15) is 13.3 Å². The molecule has 2 heterocycles. The Kier molecular flexibility index (Phi) is 5.11. The van der Waals surface area contributed by atoms with Gasteiger partial charge in [-0.25, -0.2) is 0 Å². The van der Waals surface area contributed by atoms with Crippen LogP contribution < -0.4 is 19.7 Å². The number of hydrogen-bond acceptors (Lipinski definition) is 5. The van der Waals surface area contributed by atoms with Crippen molar-refractivity contribution < 1.29 is 19.1 Å². The molecular formula is C18H22N4O4. The summed E-state index contributed by atoms with van der Waals surface area (Å²) in [5.74, 6) is 0.388. The number of aryl methyl sites for hydroxylation is 1. The summed E-state index contributed by atoms with van der Waals surface area (Å²) in [4.78, 5) is 26.6. The highest BCUT2D eigenvalue weighted by atomic mass is 16.5. The van der Waals surface area contributed by atoms with Crippen LogP contribution in [0.5, 0.6) is 11.5 Å². The lowest BCUT2D eigenvalue weighted by Crippen LogP contribution is -2.28.